The summed E-state index contributed by atoms with van der Waals surface area (Å²) in [5.41, 5.74) is 1.86. The number of carbonyl (C=O) groups is 3. The van der Waals surface area contributed by atoms with Crippen LogP contribution >= 0.6 is 11.3 Å². The lowest BCUT2D eigenvalue weighted by Crippen LogP contribution is -2.37. The largest absolute Gasteiger partial charge is 0.376 e. The first-order valence-corrected chi connectivity index (χ1v) is 11.3. The number of hydrogen-bond acceptors (Lipinski definition) is 5. The molecule has 6 nitrogen and oxygen atoms in total. The second-order valence-corrected chi connectivity index (χ2v) is 8.94. The zero-order valence-corrected chi connectivity index (χ0v) is 18.0. The summed E-state index contributed by atoms with van der Waals surface area (Å²) in [5, 5.41) is 2.01. The quantitative estimate of drug-likeness (QED) is 0.605. The molecule has 7 heteroatoms. The maximum Gasteiger partial charge on any atom is 0.261 e. The summed E-state index contributed by atoms with van der Waals surface area (Å²) in [5.74, 6) is -0.496. The van der Waals surface area contributed by atoms with Gasteiger partial charge in [-0.2, -0.15) is 0 Å². The number of carbonyl (C=O) groups excluding carboxylic acids is 3. The fraction of sp³-hybridized carbons (Fsp3) is 0.435. The monoisotopic (exact) mass is 426 g/mol. The average molecular weight is 427 g/mol. The fourth-order valence-electron chi connectivity index (χ4n) is 4.03. The molecule has 0 radical (unpaired) electrons. The molecule has 0 spiro atoms. The Morgan fingerprint density at radius 1 is 1.23 bits per heavy atom. The molecule has 1 aromatic heterocycles. The third-order valence-electron chi connectivity index (χ3n) is 5.63. The van der Waals surface area contributed by atoms with Crippen molar-refractivity contribution in [1.82, 2.24) is 9.80 Å². The van der Waals surface area contributed by atoms with Crippen LogP contribution in [0.15, 0.2) is 35.7 Å². The Balaban J connectivity index is 1.35. The van der Waals surface area contributed by atoms with E-state index in [1.165, 1.54) is 4.90 Å². The van der Waals surface area contributed by atoms with Gasteiger partial charge in [0.1, 0.15) is 0 Å². The van der Waals surface area contributed by atoms with Crippen LogP contribution < -0.4 is 0 Å². The number of aryl methyl sites for hydroxylation is 1. The third kappa shape index (κ3) is 4.47. The van der Waals surface area contributed by atoms with Crippen molar-refractivity contribution in [3.05, 3.63) is 57.3 Å². The Morgan fingerprint density at radius 2 is 2.07 bits per heavy atom. The molecule has 3 amide bonds. The van der Waals surface area contributed by atoms with Gasteiger partial charge >= 0.3 is 0 Å². The predicted octanol–water partition coefficient (Wildman–Crippen LogP) is 3.64. The first-order valence-electron chi connectivity index (χ1n) is 10.4. The lowest BCUT2D eigenvalue weighted by molar-refractivity contribution is -0.133. The van der Waals surface area contributed by atoms with Crippen LogP contribution in [0, 0.1) is 6.92 Å². The van der Waals surface area contributed by atoms with Gasteiger partial charge in [0, 0.05) is 31.0 Å². The van der Waals surface area contributed by atoms with E-state index in [0.29, 0.717) is 37.1 Å². The highest BCUT2D eigenvalue weighted by molar-refractivity contribution is 7.09. The van der Waals surface area contributed by atoms with E-state index in [9.17, 15) is 14.4 Å². The standard InChI is InChI=1S/C23H26N2O4S/c1-16-8-9-19-20(13-16)23(28)25(22(19)27)10-2-7-21(26)24(14-17-5-3-11-29-17)15-18-6-4-12-30-18/h4,6,8-9,12-13,17H,2-3,5,7,10-11,14-15H2,1H3. The van der Waals surface area contributed by atoms with Gasteiger partial charge in [-0.3, -0.25) is 19.3 Å². The molecule has 1 atom stereocenters. The molecule has 30 heavy (non-hydrogen) atoms. The highest BCUT2D eigenvalue weighted by Gasteiger charge is 2.35. The molecule has 2 aliphatic heterocycles. The minimum atomic E-state index is -0.266. The van der Waals surface area contributed by atoms with Crippen LogP contribution in [0.5, 0.6) is 0 Å². The van der Waals surface area contributed by atoms with E-state index in [1.54, 1.807) is 23.5 Å². The molecule has 1 unspecified atom stereocenters. The van der Waals surface area contributed by atoms with Crippen LogP contribution in [-0.4, -0.2) is 53.3 Å². The van der Waals surface area contributed by atoms with Gasteiger partial charge in [-0.1, -0.05) is 17.7 Å². The SMILES string of the molecule is Cc1ccc2c(c1)C(=O)N(CCCC(=O)N(Cc1cccs1)CC1CCCO1)C2=O. The molecular weight excluding hydrogens is 400 g/mol. The van der Waals surface area contributed by atoms with Crippen LogP contribution in [0.4, 0.5) is 0 Å². The van der Waals surface area contributed by atoms with Gasteiger partial charge in [0.2, 0.25) is 5.91 Å². The Hall–Kier alpha value is -2.51. The van der Waals surface area contributed by atoms with Gasteiger partial charge in [-0.15, -0.1) is 11.3 Å². The fourth-order valence-corrected chi connectivity index (χ4v) is 4.75. The molecule has 0 saturated carbocycles. The zero-order valence-electron chi connectivity index (χ0n) is 17.1. The molecule has 1 fully saturated rings. The Kier molecular flexibility index (Phi) is 6.29. The second kappa shape index (κ2) is 9.10. The van der Waals surface area contributed by atoms with Crippen LogP contribution in [0.2, 0.25) is 0 Å². The zero-order chi connectivity index (χ0) is 21.1. The maximum absolute atomic E-state index is 12.9. The Morgan fingerprint density at radius 3 is 2.80 bits per heavy atom. The van der Waals surface area contributed by atoms with Gasteiger partial charge in [0.15, 0.2) is 0 Å². The number of nitrogens with zero attached hydrogens (tertiary/aromatic N) is 2. The van der Waals surface area contributed by atoms with Crippen molar-refractivity contribution in [2.24, 2.45) is 0 Å². The second-order valence-electron chi connectivity index (χ2n) is 7.90. The van der Waals surface area contributed by atoms with Gasteiger partial charge < -0.3 is 9.64 Å². The number of rotatable bonds is 8. The molecule has 0 aliphatic carbocycles. The van der Waals surface area contributed by atoms with Crippen LogP contribution in [-0.2, 0) is 16.1 Å². The normalized spacial score (nSPS) is 18.2. The van der Waals surface area contributed by atoms with Crippen LogP contribution in [0.25, 0.3) is 0 Å². The first-order chi connectivity index (χ1) is 14.5. The van der Waals surface area contributed by atoms with Crippen molar-refractivity contribution in [3.63, 3.8) is 0 Å². The lowest BCUT2D eigenvalue weighted by atomic mass is 10.1. The smallest absolute Gasteiger partial charge is 0.261 e. The van der Waals surface area contributed by atoms with Crippen LogP contribution in [0.1, 0.15) is 56.8 Å². The number of thiophene rings is 1. The predicted molar refractivity (Wildman–Crippen MR) is 114 cm³/mol. The number of fused-ring (bicyclic) bond motifs is 1. The number of ether oxygens (including phenoxy) is 1. The topological polar surface area (TPSA) is 66.9 Å². The van der Waals surface area contributed by atoms with Crippen molar-refractivity contribution in [2.75, 3.05) is 19.7 Å². The molecule has 158 valence electrons. The molecule has 2 aromatic rings. The lowest BCUT2D eigenvalue weighted by Gasteiger charge is -2.25. The Labute approximate surface area is 180 Å². The van der Waals surface area contributed by atoms with E-state index >= 15 is 0 Å². The number of benzene rings is 1. The van der Waals surface area contributed by atoms with E-state index in [2.05, 4.69) is 0 Å². The summed E-state index contributed by atoms with van der Waals surface area (Å²) >= 11 is 1.63. The van der Waals surface area contributed by atoms with E-state index in [4.69, 9.17) is 4.74 Å². The molecule has 0 bridgehead atoms. The minimum Gasteiger partial charge on any atom is -0.376 e. The van der Waals surface area contributed by atoms with Gasteiger partial charge in [-0.25, -0.2) is 0 Å². The molecule has 4 rings (SSSR count). The summed E-state index contributed by atoms with van der Waals surface area (Å²) in [7, 11) is 0. The van der Waals surface area contributed by atoms with Crippen molar-refractivity contribution in [2.45, 2.75) is 45.3 Å². The summed E-state index contributed by atoms with van der Waals surface area (Å²) < 4.78 is 5.72. The summed E-state index contributed by atoms with van der Waals surface area (Å²) in [6, 6.07) is 9.32. The van der Waals surface area contributed by atoms with Crippen LogP contribution in [0.3, 0.4) is 0 Å². The summed E-state index contributed by atoms with van der Waals surface area (Å²) in [4.78, 5) is 42.4. The Bertz CT molecular complexity index is 935. The minimum absolute atomic E-state index is 0.0337. The van der Waals surface area contributed by atoms with Crippen molar-refractivity contribution >= 4 is 29.1 Å². The van der Waals surface area contributed by atoms with Crippen molar-refractivity contribution < 1.29 is 19.1 Å². The molecule has 1 saturated heterocycles. The molecule has 2 aliphatic rings. The molecule has 0 N–H and O–H groups in total. The number of hydrogen-bond donors (Lipinski definition) is 0. The van der Waals surface area contributed by atoms with Gasteiger partial charge in [0.25, 0.3) is 11.8 Å². The highest BCUT2D eigenvalue weighted by Crippen LogP contribution is 2.24. The highest BCUT2D eigenvalue weighted by atomic mass is 32.1. The van der Waals surface area contributed by atoms with Crippen molar-refractivity contribution in [3.8, 4) is 0 Å². The van der Waals surface area contributed by atoms with E-state index < -0.39 is 0 Å². The molecule has 3 heterocycles. The number of amides is 3. The maximum atomic E-state index is 12.9. The van der Waals surface area contributed by atoms with E-state index in [1.807, 2.05) is 35.4 Å². The molecule has 1 aromatic carbocycles. The summed E-state index contributed by atoms with van der Waals surface area (Å²) in [6.07, 6.45) is 2.85. The van der Waals surface area contributed by atoms with E-state index in [0.717, 1.165) is 29.9 Å². The van der Waals surface area contributed by atoms with Crippen molar-refractivity contribution in [1.29, 1.82) is 0 Å². The average Bonchev–Trinajstić information content (AvgIpc) is 3.47. The van der Waals surface area contributed by atoms with Gasteiger partial charge in [-0.05, 0) is 49.8 Å². The van der Waals surface area contributed by atoms with Gasteiger partial charge in [0.05, 0.1) is 23.8 Å². The molecular formula is C23H26N2O4S. The number of imide groups is 1. The van der Waals surface area contributed by atoms with E-state index in [-0.39, 0.29) is 30.4 Å². The third-order valence-corrected chi connectivity index (χ3v) is 6.49. The summed E-state index contributed by atoms with van der Waals surface area (Å²) in [6.45, 7) is 4.07. The first kappa shape index (κ1) is 20.8.